The minimum atomic E-state index is -1.53. The summed E-state index contributed by atoms with van der Waals surface area (Å²) in [7, 11) is -1.53. The number of hydrogen-bond donors (Lipinski definition) is 0. The summed E-state index contributed by atoms with van der Waals surface area (Å²) in [4.78, 5) is 11.6. The smallest absolute Gasteiger partial charge is 0.303 e. The Morgan fingerprint density at radius 1 is 1.14 bits per heavy atom. The van der Waals surface area contributed by atoms with Gasteiger partial charge in [-0.15, -0.1) is 0 Å². The van der Waals surface area contributed by atoms with Crippen molar-refractivity contribution in [3.63, 3.8) is 0 Å². The molecule has 3 aromatic rings. The summed E-state index contributed by atoms with van der Waals surface area (Å²) in [5, 5.41) is 3.41. The molecule has 3 nitrogen and oxygen atoms in total. The second-order valence-electron chi connectivity index (χ2n) is 8.31. The largest absolute Gasteiger partial charge is 0.474 e. The van der Waals surface area contributed by atoms with Gasteiger partial charge in [0.05, 0.1) is 11.6 Å². The number of unbranched alkanes of at least 4 members (excludes halogenated alkanes) is 1. The lowest BCUT2D eigenvalue weighted by molar-refractivity contribution is -0.147. The number of esters is 1. The first-order chi connectivity index (χ1) is 13.8. The SMILES string of the molecule is CC(=O)OC(CCCC#Cc1cccc2ccccc12)c1coc([Si](C)(C)C)c1. The first-order valence-corrected chi connectivity index (χ1v) is 13.6. The van der Waals surface area contributed by atoms with Gasteiger partial charge in [0.1, 0.15) is 14.2 Å². The summed E-state index contributed by atoms with van der Waals surface area (Å²) in [6, 6.07) is 16.5. The third-order valence-electron chi connectivity index (χ3n) is 4.82. The summed E-state index contributed by atoms with van der Waals surface area (Å²) < 4.78 is 11.3. The van der Waals surface area contributed by atoms with Crippen LogP contribution < -0.4 is 5.38 Å². The van der Waals surface area contributed by atoms with Gasteiger partial charge in [-0.25, -0.2) is 0 Å². The Bertz CT molecular complexity index is 1040. The summed E-state index contributed by atoms with van der Waals surface area (Å²) in [6.07, 6.45) is 3.79. The van der Waals surface area contributed by atoms with Crippen LogP contribution in [0, 0.1) is 11.8 Å². The van der Waals surface area contributed by atoms with E-state index in [0.717, 1.165) is 35.8 Å². The Morgan fingerprint density at radius 3 is 2.62 bits per heavy atom. The van der Waals surface area contributed by atoms with Crippen LogP contribution >= 0.6 is 0 Å². The van der Waals surface area contributed by atoms with Gasteiger partial charge in [0, 0.05) is 24.5 Å². The van der Waals surface area contributed by atoms with Gasteiger partial charge < -0.3 is 9.15 Å². The minimum Gasteiger partial charge on any atom is -0.474 e. The highest BCUT2D eigenvalue weighted by molar-refractivity contribution is 6.87. The average molecular weight is 405 g/mol. The van der Waals surface area contributed by atoms with Crippen LogP contribution in [0.15, 0.2) is 59.2 Å². The monoisotopic (exact) mass is 404 g/mol. The maximum Gasteiger partial charge on any atom is 0.303 e. The van der Waals surface area contributed by atoms with Gasteiger partial charge in [-0.05, 0) is 35.7 Å². The highest BCUT2D eigenvalue weighted by Gasteiger charge is 2.24. The van der Waals surface area contributed by atoms with E-state index in [4.69, 9.17) is 9.15 Å². The van der Waals surface area contributed by atoms with Crippen molar-refractivity contribution in [1.29, 1.82) is 0 Å². The molecule has 29 heavy (non-hydrogen) atoms. The lowest BCUT2D eigenvalue weighted by Crippen LogP contribution is -2.36. The summed E-state index contributed by atoms with van der Waals surface area (Å²) in [5.74, 6) is 6.30. The maximum atomic E-state index is 11.6. The quantitative estimate of drug-likeness (QED) is 0.225. The number of fused-ring (bicyclic) bond motifs is 1. The summed E-state index contributed by atoms with van der Waals surface area (Å²) in [6.45, 7) is 8.16. The van der Waals surface area contributed by atoms with Crippen LogP contribution in [0.5, 0.6) is 0 Å². The molecule has 0 fully saturated rings. The maximum absolute atomic E-state index is 11.6. The van der Waals surface area contributed by atoms with E-state index in [1.165, 1.54) is 17.7 Å². The third kappa shape index (κ3) is 5.62. The predicted molar refractivity (Wildman–Crippen MR) is 121 cm³/mol. The molecule has 0 saturated carbocycles. The highest BCUT2D eigenvalue weighted by atomic mass is 28.3. The van der Waals surface area contributed by atoms with Gasteiger partial charge >= 0.3 is 5.97 Å². The lowest BCUT2D eigenvalue weighted by atomic mass is 10.0. The number of carbonyl (C=O) groups excluding carboxylic acids is 1. The summed E-state index contributed by atoms with van der Waals surface area (Å²) in [5.41, 5.74) is 1.99. The van der Waals surface area contributed by atoms with Crippen molar-refractivity contribution in [3.05, 3.63) is 65.9 Å². The van der Waals surface area contributed by atoms with Crippen LogP contribution in [-0.4, -0.2) is 14.0 Å². The van der Waals surface area contributed by atoms with E-state index in [2.05, 4.69) is 61.8 Å². The van der Waals surface area contributed by atoms with Gasteiger partial charge in [0.25, 0.3) is 0 Å². The first kappa shape index (κ1) is 20.9. The van der Waals surface area contributed by atoms with Crippen LogP contribution in [0.2, 0.25) is 19.6 Å². The predicted octanol–water partition coefficient (Wildman–Crippen LogP) is 5.80. The van der Waals surface area contributed by atoms with Gasteiger partial charge in [-0.2, -0.15) is 0 Å². The molecule has 4 heteroatoms. The average Bonchev–Trinajstić information content (AvgIpc) is 3.17. The number of furan rings is 1. The fraction of sp³-hybridized carbons (Fsp3) is 0.320. The van der Waals surface area contributed by atoms with Crippen LogP contribution in [0.4, 0.5) is 0 Å². The van der Waals surface area contributed by atoms with Crippen molar-refractivity contribution in [2.24, 2.45) is 0 Å². The Kier molecular flexibility index (Phi) is 6.61. The Hall–Kier alpha value is -2.77. The molecular weight excluding hydrogens is 376 g/mol. The van der Waals surface area contributed by atoms with Crippen molar-refractivity contribution in [1.82, 2.24) is 0 Å². The molecule has 3 rings (SSSR count). The zero-order chi connectivity index (χ0) is 20.9. The Labute approximate surface area is 174 Å². The number of benzene rings is 2. The number of hydrogen-bond acceptors (Lipinski definition) is 3. The molecule has 0 aliphatic carbocycles. The molecule has 1 aromatic heterocycles. The molecular formula is C25H28O3Si. The van der Waals surface area contributed by atoms with Gasteiger partial charge in [-0.3, -0.25) is 4.79 Å². The highest BCUT2D eigenvalue weighted by Crippen LogP contribution is 2.25. The van der Waals surface area contributed by atoms with Crippen LogP contribution in [0.3, 0.4) is 0 Å². The van der Waals surface area contributed by atoms with Crippen molar-refractivity contribution < 1.29 is 13.9 Å². The molecule has 0 radical (unpaired) electrons. The molecule has 0 aliphatic heterocycles. The lowest BCUT2D eigenvalue weighted by Gasteiger charge is -2.15. The van der Waals surface area contributed by atoms with Crippen LogP contribution in [0.25, 0.3) is 10.8 Å². The molecule has 0 amide bonds. The zero-order valence-electron chi connectivity index (χ0n) is 17.6. The van der Waals surface area contributed by atoms with Crippen molar-refractivity contribution in [3.8, 4) is 11.8 Å². The fourth-order valence-electron chi connectivity index (χ4n) is 3.28. The van der Waals surface area contributed by atoms with Crippen molar-refractivity contribution in [2.75, 3.05) is 0 Å². The molecule has 1 heterocycles. The van der Waals surface area contributed by atoms with E-state index >= 15 is 0 Å². The molecule has 1 unspecified atom stereocenters. The molecule has 0 saturated heterocycles. The Balaban J connectivity index is 1.64. The van der Waals surface area contributed by atoms with E-state index in [-0.39, 0.29) is 12.1 Å². The van der Waals surface area contributed by atoms with E-state index in [1.54, 1.807) is 6.26 Å². The molecule has 0 N–H and O–H groups in total. The Morgan fingerprint density at radius 2 is 1.90 bits per heavy atom. The standard InChI is InChI=1S/C25H28O3Si/c1-19(26)28-24(22-17-25(27-18-22)29(2,3)4)16-7-5-6-11-20-13-10-14-21-12-8-9-15-23(20)21/h8-10,12-15,17-18,24H,5,7,16H2,1-4H3. The summed E-state index contributed by atoms with van der Waals surface area (Å²) >= 11 is 0. The fourth-order valence-corrected chi connectivity index (χ4v) is 4.29. The van der Waals surface area contributed by atoms with E-state index in [0.29, 0.717) is 0 Å². The zero-order valence-corrected chi connectivity index (χ0v) is 18.6. The first-order valence-electron chi connectivity index (χ1n) is 10.1. The van der Waals surface area contributed by atoms with Crippen LogP contribution in [0.1, 0.15) is 43.4 Å². The van der Waals surface area contributed by atoms with Crippen molar-refractivity contribution >= 4 is 30.2 Å². The molecule has 1 atom stereocenters. The molecule has 0 spiro atoms. The van der Waals surface area contributed by atoms with Gasteiger partial charge in [-0.1, -0.05) is 67.9 Å². The van der Waals surface area contributed by atoms with E-state index in [1.807, 2.05) is 18.2 Å². The third-order valence-corrected chi connectivity index (χ3v) is 6.56. The van der Waals surface area contributed by atoms with E-state index in [9.17, 15) is 4.79 Å². The number of ether oxygens (including phenoxy) is 1. The van der Waals surface area contributed by atoms with Gasteiger partial charge in [0.2, 0.25) is 0 Å². The minimum absolute atomic E-state index is 0.271. The van der Waals surface area contributed by atoms with Gasteiger partial charge in [0.15, 0.2) is 0 Å². The molecule has 2 aromatic carbocycles. The van der Waals surface area contributed by atoms with Crippen molar-refractivity contribution in [2.45, 2.75) is 51.9 Å². The topological polar surface area (TPSA) is 39.4 Å². The van der Waals surface area contributed by atoms with Crippen LogP contribution in [-0.2, 0) is 9.53 Å². The molecule has 150 valence electrons. The second-order valence-corrected chi connectivity index (χ2v) is 13.3. The number of rotatable bonds is 6. The second kappa shape index (κ2) is 9.15. The molecule has 0 aliphatic rings. The molecule has 0 bridgehead atoms. The van der Waals surface area contributed by atoms with E-state index < -0.39 is 8.07 Å². The number of carbonyl (C=O) groups is 1. The normalized spacial score (nSPS) is 12.3.